The van der Waals surface area contributed by atoms with E-state index in [1.165, 1.54) is 5.56 Å². The van der Waals surface area contributed by atoms with Crippen molar-refractivity contribution in [3.63, 3.8) is 0 Å². The number of nitriles is 1. The molecule has 1 aromatic rings. The highest BCUT2D eigenvalue weighted by Gasteiger charge is 2.32. The van der Waals surface area contributed by atoms with Crippen LogP contribution in [-0.2, 0) is 16.4 Å². The zero-order valence-corrected chi connectivity index (χ0v) is 14.8. The van der Waals surface area contributed by atoms with Gasteiger partial charge in [0.1, 0.15) is 0 Å². The zero-order valence-electron chi connectivity index (χ0n) is 14.0. The van der Waals surface area contributed by atoms with Crippen LogP contribution in [0.4, 0.5) is 0 Å². The molecule has 1 fully saturated rings. The van der Waals surface area contributed by atoms with Crippen molar-refractivity contribution in [3.05, 3.63) is 35.9 Å². The van der Waals surface area contributed by atoms with E-state index < -0.39 is 15.3 Å². The number of likely N-dealkylation sites (tertiary alicyclic amines) is 1. The third-order valence-electron chi connectivity index (χ3n) is 4.53. The first kappa shape index (κ1) is 18.0. The van der Waals surface area contributed by atoms with Crippen molar-refractivity contribution in [2.45, 2.75) is 44.9 Å². The summed E-state index contributed by atoms with van der Waals surface area (Å²) in [5.74, 6) is 0.109. The first-order chi connectivity index (χ1) is 10.8. The smallest absolute Gasteiger partial charge is 0.154 e. The summed E-state index contributed by atoms with van der Waals surface area (Å²) in [7, 11) is -3.14. The molecule has 0 radical (unpaired) electrons. The normalized spacial score (nSPS) is 20.1. The predicted molar refractivity (Wildman–Crippen MR) is 92.5 cm³/mol. The Morgan fingerprint density at radius 3 is 2.65 bits per heavy atom. The van der Waals surface area contributed by atoms with E-state index in [4.69, 9.17) is 5.26 Å². The van der Waals surface area contributed by atoms with E-state index in [-0.39, 0.29) is 11.0 Å². The van der Waals surface area contributed by atoms with Crippen LogP contribution in [0.1, 0.15) is 38.7 Å². The van der Waals surface area contributed by atoms with E-state index in [9.17, 15) is 8.42 Å². The first-order valence-electron chi connectivity index (χ1n) is 8.21. The summed E-state index contributed by atoms with van der Waals surface area (Å²) in [5.41, 5.74) is 0.641. The molecule has 0 amide bonds. The molecule has 0 N–H and O–H groups in total. The molecule has 1 atom stereocenters. The fourth-order valence-corrected chi connectivity index (χ4v) is 5.00. The van der Waals surface area contributed by atoms with Gasteiger partial charge in [0.2, 0.25) is 0 Å². The molecule has 1 aliphatic heterocycles. The monoisotopic (exact) mass is 334 g/mol. The second-order valence-electron chi connectivity index (χ2n) is 7.10. The van der Waals surface area contributed by atoms with Gasteiger partial charge in [-0.15, -0.1) is 0 Å². The Labute approximate surface area is 140 Å². The van der Waals surface area contributed by atoms with Crippen LogP contribution in [0, 0.1) is 16.7 Å². The van der Waals surface area contributed by atoms with Crippen molar-refractivity contribution in [2.75, 3.05) is 18.8 Å². The Morgan fingerprint density at radius 1 is 1.30 bits per heavy atom. The van der Waals surface area contributed by atoms with Crippen LogP contribution in [0.5, 0.6) is 0 Å². The summed E-state index contributed by atoms with van der Waals surface area (Å²) in [5, 5.41) is 8.76. The lowest BCUT2D eigenvalue weighted by Gasteiger charge is -2.32. The maximum Gasteiger partial charge on any atom is 0.154 e. The molecular weight excluding hydrogens is 308 g/mol. The highest BCUT2D eigenvalue weighted by Crippen LogP contribution is 2.24. The van der Waals surface area contributed by atoms with Gasteiger partial charge in [-0.25, -0.2) is 8.42 Å². The van der Waals surface area contributed by atoms with Crippen molar-refractivity contribution in [1.82, 2.24) is 4.90 Å². The molecule has 2 rings (SSSR count). The molecule has 0 bridgehead atoms. The average Bonchev–Trinajstić information content (AvgIpc) is 2.54. The van der Waals surface area contributed by atoms with E-state index in [1.807, 2.05) is 18.2 Å². The zero-order chi connectivity index (χ0) is 16.9. The number of sulfone groups is 1. The SMILES string of the molecule is CC(C)(C#N)CCS(=O)(=O)[C@H]1CCCN(Cc2ccccc2)C1. The standard InChI is InChI=1S/C18H26N2O2S/c1-18(2,15-19)10-12-23(21,22)17-9-6-11-20(14-17)13-16-7-4-3-5-8-16/h3-5,7-8,17H,6,9-14H2,1-2H3/t17-/m0/s1. The molecule has 0 spiro atoms. The Balaban J connectivity index is 1.96. The molecule has 0 saturated carbocycles. The highest BCUT2D eigenvalue weighted by molar-refractivity contribution is 7.92. The third kappa shape index (κ3) is 5.33. The van der Waals surface area contributed by atoms with Crippen molar-refractivity contribution in [3.8, 4) is 6.07 Å². The number of hydrogen-bond acceptors (Lipinski definition) is 4. The number of nitrogens with zero attached hydrogens (tertiary/aromatic N) is 2. The van der Waals surface area contributed by atoms with Gasteiger partial charge >= 0.3 is 0 Å². The summed E-state index contributed by atoms with van der Waals surface area (Å²) < 4.78 is 25.2. The number of piperidine rings is 1. The minimum Gasteiger partial charge on any atom is -0.298 e. The third-order valence-corrected chi connectivity index (χ3v) is 6.71. The Kier molecular flexibility index (Phi) is 5.83. The van der Waals surface area contributed by atoms with E-state index in [0.717, 1.165) is 25.9 Å². The summed E-state index contributed by atoms with van der Waals surface area (Å²) in [4.78, 5) is 2.23. The lowest BCUT2D eigenvalue weighted by atomic mass is 9.93. The van der Waals surface area contributed by atoms with Crippen LogP contribution in [0.3, 0.4) is 0 Å². The molecule has 5 heteroatoms. The average molecular weight is 334 g/mol. The summed E-state index contributed by atoms with van der Waals surface area (Å²) in [6, 6.07) is 12.4. The number of benzene rings is 1. The van der Waals surface area contributed by atoms with Gasteiger partial charge in [-0.1, -0.05) is 30.3 Å². The van der Waals surface area contributed by atoms with Crippen molar-refractivity contribution >= 4 is 9.84 Å². The van der Waals surface area contributed by atoms with Crippen molar-refractivity contribution in [2.24, 2.45) is 5.41 Å². The second-order valence-corrected chi connectivity index (χ2v) is 9.50. The molecule has 0 aliphatic carbocycles. The minimum absolute atomic E-state index is 0.109. The minimum atomic E-state index is -3.14. The maximum atomic E-state index is 12.6. The Morgan fingerprint density at radius 2 is 2.00 bits per heavy atom. The van der Waals surface area contributed by atoms with Crippen LogP contribution >= 0.6 is 0 Å². The highest BCUT2D eigenvalue weighted by atomic mass is 32.2. The van der Waals surface area contributed by atoms with Gasteiger partial charge in [0.25, 0.3) is 0 Å². The second kappa shape index (κ2) is 7.46. The van der Waals surface area contributed by atoms with Gasteiger partial charge in [-0.3, -0.25) is 4.90 Å². The lowest BCUT2D eigenvalue weighted by Crippen LogP contribution is -2.42. The van der Waals surface area contributed by atoms with Gasteiger partial charge in [0.15, 0.2) is 9.84 Å². The fraction of sp³-hybridized carbons (Fsp3) is 0.611. The van der Waals surface area contributed by atoms with Gasteiger partial charge in [-0.2, -0.15) is 5.26 Å². The largest absolute Gasteiger partial charge is 0.298 e. The molecule has 1 heterocycles. The molecule has 0 aromatic heterocycles. The Hall–Kier alpha value is -1.38. The molecule has 126 valence electrons. The quantitative estimate of drug-likeness (QED) is 0.802. The van der Waals surface area contributed by atoms with Crippen LogP contribution < -0.4 is 0 Å². The molecule has 1 aromatic carbocycles. The first-order valence-corrected chi connectivity index (χ1v) is 9.93. The fourth-order valence-electron chi connectivity index (χ4n) is 2.91. The van der Waals surface area contributed by atoms with E-state index in [1.54, 1.807) is 13.8 Å². The maximum absolute atomic E-state index is 12.6. The van der Waals surface area contributed by atoms with Crippen LogP contribution in [0.2, 0.25) is 0 Å². The predicted octanol–water partition coefficient (Wildman–Crippen LogP) is 3.01. The number of rotatable bonds is 6. The van der Waals surface area contributed by atoms with E-state index in [0.29, 0.717) is 13.0 Å². The lowest BCUT2D eigenvalue weighted by molar-refractivity contribution is 0.222. The number of hydrogen-bond donors (Lipinski definition) is 0. The molecule has 4 nitrogen and oxygen atoms in total. The van der Waals surface area contributed by atoms with E-state index in [2.05, 4.69) is 23.1 Å². The Bertz CT molecular complexity index is 647. The molecule has 23 heavy (non-hydrogen) atoms. The van der Waals surface area contributed by atoms with Gasteiger partial charge < -0.3 is 0 Å². The molecular formula is C18H26N2O2S. The van der Waals surface area contributed by atoms with Gasteiger partial charge in [0, 0.05) is 13.1 Å². The summed E-state index contributed by atoms with van der Waals surface area (Å²) >= 11 is 0. The molecule has 1 aliphatic rings. The van der Waals surface area contributed by atoms with Gasteiger partial charge in [0.05, 0.1) is 22.5 Å². The van der Waals surface area contributed by atoms with Crippen LogP contribution in [0.15, 0.2) is 30.3 Å². The van der Waals surface area contributed by atoms with Crippen molar-refractivity contribution < 1.29 is 8.42 Å². The van der Waals surface area contributed by atoms with Gasteiger partial charge in [-0.05, 0) is 45.2 Å². The topological polar surface area (TPSA) is 61.2 Å². The van der Waals surface area contributed by atoms with Crippen molar-refractivity contribution in [1.29, 1.82) is 5.26 Å². The molecule has 1 saturated heterocycles. The van der Waals surface area contributed by atoms with Crippen LogP contribution in [0.25, 0.3) is 0 Å². The molecule has 0 unspecified atom stereocenters. The van der Waals surface area contributed by atoms with Crippen LogP contribution in [-0.4, -0.2) is 37.4 Å². The van der Waals surface area contributed by atoms with E-state index >= 15 is 0 Å². The summed E-state index contributed by atoms with van der Waals surface area (Å²) in [6.45, 7) is 5.95. The summed E-state index contributed by atoms with van der Waals surface area (Å²) in [6.07, 6.45) is 2.06.